The van der Waals surface area contributed by atoms with Crippen molar-refractivity contribution in [1.82, 2.24) is 9.88 Å². The summed E-state index contributed by atoms with van der Waals surface area (Å²) in [5, 5.41) is 9.18. The molecule has 0 radical (unpaired) electrons. The highest BCUT2D eigenvalue weighted by Gasteiger charge is 2.63. The van der Waals surface area contributed by atoms with Crippen molar-refractivity contribution in [3.8, 4) is 0 Å². The summed E-state index contributed by atoms with van der Waals surface area (Å²) in [5.74, 6) is -1.91. The van der Waals surface area contributed by atoms with E-state index in [4.69, 9.17) is 4.74 Å². The molecule has 2 saturated heterocycles. The normalized spacial score (nSPS) is 30.0. The molecule has 8 heteroatoms. The Bertz CT molecular complexity index is 735. The second-order valence-corrected chi connectivity index (χ2v) is 7.49. The fraction of sp³-hybridized carbons (Fsp3) is 0.375. The van der Waals surface area contributed by atoms with Gasteiger partial charge in [-0.05, 0) is 25.1 Å². The van der Waals surface area contributed by atoms with E-state index in [1.165, 1.54) is 23.6 Å². The van der Waals surface area contributed by atoms with Gasteiger partial charge in [-0.15, -0.1) is 11.8 Å². The predicted molar refractivity (Wildman–Crippen MR) is 86.9 cm³/mol. The van der Waals surface area contributed by atoms with Crippen molar-refractivity contribution in [2.24, 2.45) is 0 Å². The van der Waals surface area contributed by atoms with Crippen LogP contribution in [-0.4, -0.2) is 55.6 Å². The van der Waals surface area contributed by atoms with Crippen LogP contribution in [0.1, 0.15) is 19.5 Å². The summed E-state index contributed by atoms with van der Waals surface area (Å²) in [6.45, 7) is 2.90. The number of fused-ring (bicyclic) bond motifs is 1. The van der Waals surface area contributed by atoms with E-state index >= 15 is 0 Å². The topological polar surface area (TPSA) is 96.8 Å². The molecule has 2 fully saturated rings. The van der Waals surface area contributed by atoms with E-state index in [1.54, 1.807) is 31.3 Å². The van der Waals surface area contributed by atoms with Crippen LogP contribution in [0.5, 0.6) is 0 Å². The maximum atomic E-state index is 12.4. The molecular formula is C16H16N2O5S. The van der Waals surface area contributed by atoms with E-state index in [1.807, 2.05) is 6.07 Å². The van der Waals surface area contributed by atoms with Crippen molar-refractivity contribution in [3.05, 3.63) is 35.7 Å². The first-order valence-corrected chi connectivity index (χ1v) is 8.21. The van der Waals surface area contributed by atoms with Gasteiger partial charge in [0.05, 0.1) is 16.0 Å². The van der Waals surface area contributed by atoms with Crippen LogP contribution in [0.2, 0.25) is 0 Å². The molecule has 24 heavy (non-hydrogen) atoms. The van der Waals surface area contributed by atoms with Gasteiger partial charge in [0.1, 0.15) is 18.0 Å². The van der Waals surface area contributed by atoms with Crippen LogP contribution in [0.4, 0.5) is 0 Å². The lowest BCUT2D eigenvalue weighted by Crippen LogP contribution is -2.59. The van der Waals surface area contributed by atoms with Crippen molar-refractivity contribution >= 4 is 35.7 Å². The molecule has 1 N–H and O–H groups in total. The summed E-state index contributed by atoms with van der Waals surface area (Å²) in [7, 11) is 0. The number of β-lactam (4-membered cyclic amide) rings is 1. The second kappa shape index (κ2) is 5.94. The fourth-order valence-electron chi connectivity index (χ4n) is 2.92. The maximum absolute atomic E-state index is 12.4. The minimum atomic E-state index is -1.11. The molecule has 2 aliphatic heterocycles. The van der Waals surface area contributed by atoms with Gasteiger partial charge in [-0.2, -0.15) is 0 Å². The lowest BCUT2D eigenvalue weighted by Gasteiger charge is -2.39. The summed E-state index contributed by atoms with van der Waals surface area (Å²) in [5.41, 5.74) is 1.15. The number of rotatable bonds is 4. The number of aromatic nitrogens is 1. The number of esters is 1. The first-order chi connectivity index (χ1) is 11.3. The van der Waals surface area contributed by atoms with Gasteiger partial charge >= 0.3 is 11.9 Å². The molecule has 1 amide bonds. The number of ether oxygens (including phenoxy) is 1. The minimum absolute atomic E-state index is 0.0683. The Balaban J connectivity index is 1.89. The third-order valence-electron chi connectivity index (χ3n) is 4.02. The van der Waals surface area contributed by atoms with Crippen LogP contribution in [0.15, 0.2) is 30.0 Å². The number of carboxylic acids is 1. The number of pyridine rings is 1. The van der Waals surface area contributed by atoms with Gasteiger partial charge in [-0.1, -0.05) is 6.07 Å². The van der Waals surface area contributed by atoms with Crippen molar-refractivity contribution in [2.75, 3.05) is 6.61 Å². The second-order valence-electron chi connectivity index (χ2n) is 5.87. The molecule has 126 valence electrons. The standard InChI is InChI=1S/C16H16N2O5S/c1-9(19)23-8-16(2)12(15(21)22)18-13(20)11(14(18)24-16)7-10-5-3-4-6-17-10/h3-7,12,14H,8H2,1-2H3,(H,21,22)/b11-7-/t12-,14+,16-/m0/s1. The van der Waals surface area contributed by atoms with Gasteiger partial charge in [0.15, 0.2) is 0 Å². The molecule has 0 aromatic carbocycles. The predicted octanol–water partition coefficient (Wildman–Crippen LogP) is 1.16. The molecule has 0 saturated carbocycles. The Hall–Kier alpha value is -2.35. The number of hydrogen-bond acceptors (Lipinski definition) is 6. The highest BCUT2D eigenvalue weighted by Crippen LogP contribution is 2.53. The molecule has 0 bridgehead atoms. The van der Waals surface area contributed by atoms with Gasteiger partial charge in [-0.3, -0.25) is 14.6 Å². The van der Waals surface area contributed by atoms with Crippen LogP contribution in [-0.2, 0) is 19.1 Å². The van der Waals surface area contributed by atoms with Crippen LogP contribution in [0, 0.1) is 0 Å². The molecular weight excluding hydrogens is 332 g/mol. The SMILES string of the molecule is CC(=O)OC[C@]1(C)S[C@@H]2/C(=C\c3ccccn3)C(=O)N2[C@H]1C(=O)O. The van der Waals surface area contributed by atoms with Crippen LogP contribution in [0.3, 0.4) is 0 Å². The fourth-order valence-corrected chi connectivity index (χ4v) is 4.53. The van der Waals surface area contributed by atoms with Crippen LogP contribution in [0.25, 0.3) is 6.08 Å². The van der Waals surface area contributed by atoms with E-state index in [-0.39, 0.29) is 17.9 Å². The highest BCUT2D eigenvalue weighted by molar-refractivity contribution is 8.02. The zero-order valence-electron chi connectivity index (χ0n) is 13.1. The lowest BCUT2D eigenvalue weighted by atomic mass is 9.94. The first-order valence-electron chi connectivity index (χ1n) is 7.33. The third kappa shape index (κ3) is 2.66. The molecule has 3 rings (SSSR count). The molecule has 1 aromatic heterocycles. The Morgan fingerprint density at radius 1 is 1.50 bits per heavy atom. The number of hydrogen-bond donors (Lipinski definition) is 1. The van der Waals surface area contributed by atoms with E-state index in [0.717, 1.165) is 0 Å². The van der Waals surface area contributed by atoms with Crippen molar-refractivity contribution < 1.29 is 24.2 Å². The molecule has 3 atom stereocenters. The first kappa shape index (κ1) is 16.5. The number of nitrogens with zero attached hydrogens (tertiary/aromatic N) is 2. The zero-order chi connectivity index (χ0) is 17.5. The lowest BCUT2D eigenvalue weighted by molar-refractivity contribution is -0.155. The Labute approximate surface area is 142 Å². The average molecular weight is 348 g/mol. The number of carbonyl (C=O) groups excluding carboxylic acids is 2. The molecule has 2 aliphatic rings. The van der Waals surface area contributed by atoms with E-state index in [9.17, 15) is 19.5 Å². The molecule has 7 nitrogen and oxygen atoms in total. The zero-order valence-corrected chi connectivity index (χ0v) is 13.9. The maximum Gasteiger partial charge on any atom is 0.328 e. The van der Waals surface area contributed by atoms with Gasteiger partial charge in [0, 0.05) is 13.1 Å². The van der Waals surface area contributed by atoms with Crippen molar-refractivity contribution in [1.29, 1.82) is 0 Å². The van der Waals surface area contributed by atoms with E-state index in [0.29, 0.717) is 11.3 Å². The van der Waals surface area contributed by atoms with Gasteiger partial charge in [0.2, 0.25) is 0 Å². The average Bonchev–Trinajstić information content (AvgIpc) is 2.82. The highest BCUT2D eigenvalue weighted by atomic mass is 32.2. The van der Waals surface area contributed by atoms with Crippen LogP contribution >= 0.6 is 11.8 Å². The molecule has 0 unspecified atom stereocenters. The Kier molecular flexibility index (Phi) is 4.08. The van der Waals surface area contributed by atoms with Crippen molar-refractivity contribution in [2.45, 2.75) is 30.0 Å². The molecule has 3 heterocycles. The summed E-state index contributed by atoms with van der Waals surface area (Å²) >= 11 is 1.32. The number of amides is 1. The number of thioether (sulfide) groups is 1. The van der Waals surface area contributed by atoms with E-state index in [2.05, 4.69) is 4.98 Å². The molecule has 0 spiro atoms. The van der Waals surface area contributed by atoms with Gasteiger partial charge in [-0.25, -0.2) is 4.79 Å². The number of carbonyl (C=O) groups is 3. The largest absolute Gasteiger partial charge is 0.480 e. The number of carboxylic acid groups (broad SMARTS) is 1. The Morgan fingerprint density at radius 2 is 2.25 bits per heavy atom. The molecule has 1 aromatic rings. The summed E-state index contributed by atoms with van der Waals surface area (Å²) < 4.78 is 4.12. The summed E-state index contributed by atoms with van der Waals surface area (Å²) in [6, 6.07) is 4.32. The van der Waals surface area contributed by atoms with Crippen molar-refractivity contribution in [3.63, 3.8) is 0 Å². The quantitative estimate of drug-likeness (QED) is 0.495. The van der Waals surface area contributed by atoms with Gasteiger partial charge < -0.3 is 14.7 Å². The van der Waals surface area contributed by atoms with E-state index < -0.39 is 22.7 Å². The number of aliphatic carboxylic acids is 1. The smallest absolute Gasteiger partial charge is 0.328 e. The third-order valence-corrected chi connectivity index (χ3v) is 5.61. The summed E-state index contributed by atoms with van der Waals surface area (Å²) in [6.07, 6.45) is 3.30. The Morgan fingerprint density at radius 3 is 2.83 bits per heavy atom. The summed E-state index contributed by atoms with van der Waals surface area (Å²) in [4.78, 5) is 40.7. The van der Waals surface area contributed by atoms with Gasteiger partial charge in [0.25, 0.3) is 5.91 Å². The minimum Gasteiger partial charge on any atom is -0.480 e. The molecule has 0 aliphatic carbocycles. The monoisotopic (exact) mass is 348 g/mol. The van der Waals surface area contributed by atoms with Crippen LogP contribution < -0.4 is 0 Å².